The van der Waals surface area contributed by atoms with Crippen LogP contribution in [0.5, 0.6) is 5.75 Å². The van der Waals surface area contributed by atoms with Crippen molar-refractivity contribution >= 4 is 18.3 Å². The molecule has 0 spiro atoms. The first-order chi connectivity index (χ1) is 10.8. The molecule has 2 unspecified atom stereocenters. The highest BCUT2D eigenvalue weighted by molar-refractivity contribution is 5.94. The smallest absolute Gasteiger partial charge is 0.251 e. The van der Waals surface area contributed by atoms with Crippen molar-refractivity contribution in [2.75, 3.05) is 6.54 Å². The minimum atomic E-state index is -0.0118. The summed E-state index contributed by atoms with van der Waals surface area (Å²) in [5.74, 6) is 1.21. The van der Waals surface area contributed by atoms with Gasteiger partial charge in [-0.3, -0.25) is 4.79 Å². The zero-order valence-corrected chi connectivity index (χ0v) is 14.3. The molecule has 0 bridgehead atoms. The second kappa shape index (κ2) is 8.55. The molecule has 1 aromatic rings. The molecule has 128 valence electrons. The van der Waals surface area contributed by atoms with Gasteiger partial charge >= 0.3 is 0 Å². The van der Waals surface area contributed by atoms with Gasteiger partial charge in [-0.25, -0.2) is 0 Å². The lowest BCUT2D eigenvalue weighted by Gasteiger charge is -2.20. The fourth-order valence-electron chi connectivity index (χ4n) is 3.67. The van der Waals surface area contributed by atoms with Gasteiger partial charge in [0.2, 0.25) is 0 Å². The monoisotopic (exact) mass is 338 g/mol. The molecule has 0 heterocycles. The summed E-state index contributed by atoms with van der Waals surface area (Å²) >= 11 is 0. The van der Waals surface area contributed by atoms with Crippen LogP contribution in [0.3, 0.4) is 0 Å². The maximum Gasteiger partial charge on any atom is 0.251 e. The molecule has 3 N–H and O–H groups in total. The molecule has 0 saturated heterocycles. The SMILES string of the molecule is Cl.NCC1CCCC1NC(=O)c1cccc(OC2CCCC2)c1. The summed E-state index contributed by atoms with van der Waals surface area (Å²) in [7, 11) is 0. The van der Waals surface area contributed by atoms with E-state index in [0.717, 1.165) is 37.9 Å². The number of nitrogens with two attached hydrogens (primary N) is 1. The molecule has 2 aliphatic rings. The standard InChI is InChI=1S/C18H26N2O2.ClH/c19-12-14-6-4-10-17(14)20-18(21)13-5-3-9-16(11-13)22-15-7-1-2-8-15;/h3,5,9,11,14-15,17H,1-2,4,6-8,10,12,19H2,(H,20,21);1H. The molecule has 1 aromatic carbocycles. The van der Waals surface area contributed by atoms with E-state index >= 15 is 0 Å². The van der Waals surface area contributed by atoms with Crippen molar-refractivity contribution in [3.05, 3.63) is 29.8 Å². The summed E-state index contributed by atoms with van der Waals surface area (Å²) in [4.78, 5) is 12.4. The van der Waals surface area contributed by atoms with Crippen molar-refractivity contribution in [3.8, 4) is 5.75 Å². The third kappa shape index (κ3) is 4.61. The third-order valence-corrected chi connectivity index (χ3v) is 4.98. The van der Waals surface area contributed by atoms with Gasteiger partial charge in [-0.05, 0) is 69.2 Å². The molecule has 0 aliphatic heterocycles. The average Bonchev–Trinajstić information content (AvgIpc) is 3.19. The van der Waals surface area contributed by atoms with Crippen molar-refractivity contribution < 1.29 is 9.53 Å². The molecule has 2 atom stereocenters. The minimum absolute atomic E-state index is 0. The molecular weight excluding hydrogens is 312 g/mol. The number of halogens is 1. The molecule has 0 aromatic heterocycles. The summed E-state index contributed by atoms with van der Waals surface area (Å²) in [5, 5.41) is 3.14. The van der Waals surface area contributed by atoms with Crippen LogP contribution >= 0.6 is 12.4 Å². The van der Waals surface area contributed by atoms with Crippen LogP contribution in [0.25, 0.3) is 0 Å². The molecule has 3 rings (SSSR count). The number of hydrogen-bond donors (Lipinski definition) is 2. The van der Waals surface area contributed by atoms with Crippen LogP contribution in [0.15, 0.2) is 24.3 Å². The molecule has 2 aliphatic carbocycles. The predicted molar refractivity (Wildman–Crippen MR) is 94.2 cm³/mol. The lowest BCUT2D eigenvalue weighted by atomic mass is 10.0. The third-order valence-electron chi connectivity index (χ3n) is 4.98. The van der Waals surface area contributed by atoms with Gasteiger partial charge in [0.05, 0.1) is 6.10 Å². The summed E-state index contributed by atoms with van der Waals surface area (Å²) in [6.45, 7) is 0.649. The number of amides is 1. The summed E-state index contributed by atoms with van der Waals surface area (Å²) in [6, 6.07) is 7.77. The fourth-order valence-corrected chi connectivity index (χ4v) is 3.67. The zero-order valence-electron chi connectivity index (χ0n) is 13.5. The van der Waals surface area contributed by atoms with Crippen LogP contribution in [-0.4, -0.2) is 24.6 Å². The number of carbonyl (C=O) groups excluding carboxylic acids is 1. The molecule has 5 heteroatoms. The van der Waals surface area contributed by atoms with Crippen LogP contribution in [-0.2, 0) is 0 Å². The van der Waals surface area contributed by atoms with E-state index in [-0.39, 0.29) is 24.4 Å². The summed E-state index contributed by atoms with van der Waals surface area (Å²) < 4.78 is 5.98. The van der Waals surface area contributed by atoms with Crippen LogP contribution in [0, 0.1) is 5.92 Å². The maximum absolute atomic E-state index is 12.4. The largest absolute Gasteiger partial charge is 0.490 e. The molecule has 2 fully saturated rings. The first kappa shape index (κ1) is 18.1. The normalized spacial score (nSPS) is 24.2. The number of benzene rings is 1. The summed E-state index contributed by atoms with van der Waals surface area (Å²) in [6.07, 6.45) is 8.35. The predicted octanol–water partition coefficient (Wildman–Crippen LogP) is 3.29. The Kier molecular flexibility index (Phi) is 6.72. The number of rotatable bonds is 5. The molecular formula is C18H27ClN2O2. The summed E-state index contributed by atoms with van der Waals surface area (Å²) in [5.41, 5.74) is 6.46. The lowest BCUT2D eigenvalue weighted by molar-refractivity contribution is 0.0928. The van der Waals surface area contributed by atoms with Gasteiger partial charge in [0.1, 0.15) is 5.75 Å². The van der Waals surface area contributed by atoms with Gasteiger partial charge in [0.15, 0.2) is 0 Å². The van der Waals surface area contributed by atoms with E-state index in [2.05, 4.69) is 5.32 Å². The van der Waals surface area contributed by atoms with Gasteiger partial charge in [-0.15, -0.1) is 12.4 Å². The highest BCUT2D eigenvalue weighted by atomic mass is 35.5. The topological polar surface area (TPSA) is 64.3 Å². The number of ether oxygens (including phenoxy) is 1. The Bertz CT molecular complexity index is 517. The highest BCUT2D eigenvalue weighted by Gasteiger charge is 2.27. The van der Waals surface area contributed by atoms with Gasteiger partial charge < -0.3 is 15.8 Å². The van der Waals surface area contributed by atoms with Gasteiger partial charge in [-0.2, -0.15) is 0 Å². The van der Waals surface area contributed by atoms with Crippen LogP contribution in [0.2, 0.25) is 0 Å². The van der Waals surface area contributed by atoms with E-state index in [4.69, 9.17) is 10.5 Å². The molecule has 23 heavy (non-hydrogen) atoms. The van der Waals surface area contributed by atoms with E-state index in [1.165, 1.54) is 12.8 Å². The first-order valence-corrected chi connectivity index (χ1v) is 8.54. The Morgan fingerprint density at radius 2 is 1.96 bits per heavy atom. The van der Waals surface area contributed by atoms with E-state index in [1.807, 2.05) is 24.3 Å². The van der Waals surface area contributed by atoms with Crippen LogP contribution in [0.4, 0.5) is 0 Å². The molecule has 4 nitrogen and oxygen atoms in total. The van der Waals surface area contributed by atoms with E-state index in [9.17, 15) is 4.79 Å². The van der Waals surface area contributed by atoms with Gasteiger partial charge in [0, 0.05) is 11.6 Å². The number of nitrogens with one attached hydrogen (secondary N) is 1. The second-order valence-corrected chi connectivity index (χ2v) is 6.56. The average molecular weight is 339 g/mol. The Labute approximate surface area is 144 Å². The Morgan fingerprint density at radius 3 is 2.70 bits per heavy atom. The minimum Gasteiger partial charge on any atom is -0.490 e. The van der Waals surface area contributed by atoms with Crippen LogP contribution < -0.4 is 15.8 Å². The number of hydrogen-bond acceptors (Lipinski definition) is 3. The lowest BCUT2D eigenvalue weighted by Crippen LogP contribution is -2.39. The fraction of sp³-hybridized carbons (Fsp3) is 0.611. The van der Waals surface area contributed by atoms with Crippen molar-refractivity contribution in [1.82, 2.24) is 5.32 Å². The van der Waals surface area contributed by atoms with Crippen molar-refractivity contribution in [1.29, 1.82) is 0 Å². The Morgan fingerprint density at radius 1 is 1.17 bits per heavy atom. The van der Waals surface area contributed by atoms with E-state index in [1.54, 1.807) is 0 Å². The van der Waals surface area contributed by atoms with Gasteiger partial charge in [0.25, 0.3) is 5.91 Å². The quantitative estimate of drug-likeness (QED) is 0.865. The molecule has 0 radical (unpaired) electrons. The van der Waals surface area contributed by atoms with E-state index in [0.29, 0.717) is 24.1 Å². The molecule has 2 saturated carbocycles. The first-order valence-electron chi connectivity index (χ1n) is 8.54. The van der Waals surface area contributed by atoms with Crippen molar-refractivity contribution in [2.45, 2.75) is 57.1 Å². The Hall–Kier alpha value is -1.26. The second-order valence-electron chi connectivity index (χ2n) is 6.56. The highest BCUT2D eigenvalue weighted by Crippen LogP contribution is 2.26. The van der Waals surface area contributed by atoms with Gasteiger partial charge in [-0.1, -0.05) is 12.5 Å². The van der Waals surface area contributed by atoms with Crippen molar-refractivity contribution in [3.63, 3.8) is 0 Å². The van der Waals surface area contributed by atoms with Crippen molar-refractivity contribution in [2.24, 2.45) is 11.7 Å². The molecule has 1 amide bonds. The zero-order chi connectivity index (χ0) is 15.4. The van der Waals surface area contributed by atoms with E-state index < -0.39 is 0 Å². The number of carbonyl (C=O) groups is 1. The Balaban J connectivity index is 0.00000192. The van der Waals surface area contributed by atoms with Crippen LogP contribution in [0.1, 0.15) is 55.3 Å². The maximum atomic E-state index is 12.4.